The van der Waals surface area contributed by atoms with Crippen molar-refractivity contribution in [2.45, 2.75) is 32.1 Å². The van der Waals surface area contributed by atoms with Gasteiger partial charge in [-0.25, -0.2) is 0 Å². The summed E-state index contributed by atoms with van der Waals surface area (Å²) < 4.78 is 0. The molecule has 2 aromatic carbocycles. The third-order valence-electron chi connectivity index (χ3n) is 5.58. The highest BCUT2D eigenvalue weighted by atomic mass is 16.3. The number of carbonyl (C=O) groups is 2. The molecule has 0 aromatic heterocycles. The van der Waals surface area contributed by atoms with E-state index >= 15 is 0 Å². The molecule has 1 fully saturated rings. The molecule has 2 amide bonds. The van der Waals surface area contributed by atoms with E-state index in [-0.39, 0.29) is 35.6 Å². The number of rotatable bonds is 7. The van der Waals surface area contributed by atoms with Gasteiger partial charge in [-0.05, 0) is 61.2 Å². The molecule has 8 nitrogen and oxygen atoms in total. The van der Waals surface area contributed by atoms with E-state index in [9.17, 15) is 14.7 Å². The summed E-state index contributed by atoms with van der Waals surface area (Å²) in [6.07, 6.45) is 5.54. The van der Waals surface area contributed by atoms with Crippen molar-refractivity contribution >= 4 is 29.0 Å². The Hall–Kier alpha value is -3.55. The molecule has 0 heterocycles. The van der Waals surface area contributed by atoms with E-state index < -0.39 is 0 Å². The normalized spacial score (nSPS) is 14.1. The maximum atomic E-state index is 13.2. The molecule has 0 bridgehead atoms. The number of aromatic hydroxyl groups is 1. The Morgan fingerprint density at radius 3 is 2.32 bits per heavy atom. The molecule has 0 saturated heterocycles. The molecule has 7 N–H and O–H groups in total. The number of nitrogens with zero attached hydrogens (tertiary/aromatic N) is 1. The van der Waals surface area contributed by atoms with Crippen molar-refractivity contribution in [3.63, 3.8) is 0 Å². The maximum Gasteiger partial charge on any atom is 0.254 e. The molecule has 2 aromatic rings. The summed E-state index contributed by atoms with van der Waals surface area (Å²) in [7, 11) is 0. The number of phenolic OH excluding ortho intramolecular Hbond substituents is 1. The van der Waals surface area contributed by atoms with Crippen LogP contribution in [0.25, 0.3) is 0 Å². The molecule has 0 spiro atoms. The number of hydrogen-bond donors (Lipinski definition) is 5. The molecule has 0 atom stereocenters. The van der Waals surface area contributed by atoms with Gasteiger partial charge in [0.25, 0.3) is 5.91 Å². The monoisotopic (exact) mass is 423 g/mol. The van der Waals surface area contributed by atoms with E-state index in [2.05, 4.69) is 5.32 Å². The first kappa shape index (κ1) is 22.1. The van der Waals surface area contributed by atoms with Crippen LogP contribution in [-0.2, 0) is 4.79 Å². The largest absolute Gasteiger partial charge is 0.506 e. The van der Waals surface area contributed by atoms with Crippen molar-refractivity contribution in [2.24, 2.45) is 11.7 Å². The quantitative estimate of drug-likeness (QED) is 0.201. The zero-order valence-corrected chi connectivity index (χ0v) is 17.4. The van der Waals surface area contributed by atoms with Crippen molar-refractivity contribution in [3.05, 3.63) is 53.6 Å². The van der Waals surface area contributed by atoms with Gasteiger partial charge in [0, 0.05) is 23.4 Å². The van der Waals surface area contributed by atoms with E-state index in [0.29, 0.717) is 29.3 Å². The molecule has 1 aliphatic carbocycles. The molecule has 164 valence electrons. The van der Waals surface area contributed by atoms with E-state index in [1.807, 2.05) is 0 Å². The molecule has 3 rings (SSSR count). The number of nitrogen functional groups attached to an aromatic ring is 2. The lowest BCUT2D eigenvalue weighted by Crippen LogP contribution is -2.41. The maximum absolute atomic E-state index is 13.2. The summed E-state index contributed by atoms with van der Waals surface area (Å²) in [4.78, 5) is 27.4. The van der Waals surface area contributed by atoms with Crippen LogP contribution in [0.5, 0.6) is 5.75 Å². The minimum Gasteiger partial charge on any atom is -0.506 e. The molecule has 31 heavy (non-hydrogen) atoms. The second kappa shape index (κ2) is 9.97. The fourth-order valence-electron chi connectivity index (χ4n) is 3.88. The van der Waals surface area contributed by atoms with Crippen LogP contribution < -0.4 is 16.8 Å². The van der Waals surface area contributed by atoms with Crippen LogP contribution in [0, 0.1) is 11.3 Å². The summed E-state index contributed by atoms with van der Waals surface area (Å²) >= 11 is 0. The number of amides is 2. The van der Waals surface area contributed by atoms with Crippen molar-refractivity contribution < 1.29 is 14.7 Å². The average Bonchev–Trinajstić information content (AvgIpc) is 2.76. The van der Waals surface area contributed by atoms with Crippen LogP contribution in [0.1, 0.15) is 48.0 Å². The molecule has 8 heteroatoms. The van der Waals surface area contributed by atoms with Crippen molar-refractivity contribution in [1.29, 1.82) is 5.41 Å². The molecular weight excluding hydrogens is 394 g/mol. The Morgan fingerprint density at radius 1 is 1.06 bits per heavy atom. The summed E-state index contributed by atoms with van der Waals surface area (Å²) in [5.41, 5.74) is 12.8. The van der Waals surface area contributed by atoms with Crippen LogP contribution in [0.4, 0.5) is 11.4 Å². The number of phenols is 1. The Labute approximate surface area is 181 Å². The minimum absolute atomic E-state index is 0.0460. The summed E-state index contributed by atoms with van der Waals surface area (Å²) in [6, 6.07) is 11.0. The highest BCUT2D eigenvalue weighted by molar-refractivity contribution is 6.00. The number of benzene rings is 2. The molecule has 0 radical (unpaired) electrons. The number of carbonyl (C=O) groups excluding carboxylic acids is 2. The molecule has 1 aliphatic rings. The van der Waals surface area contributed by atoms with Gasteiger partial charge in [-0.2, -0.15) is 0 Å². The summed E-state index contributed by atoms with van der Waals surface area (Å²) in [5, 5.41) is 19.9. The van der Waals surface area contributed by atoms with E-state index in [1.54, 1.807) is 29.2 Å². The zero-order valence-electron chi connectivity index (χ0n) is 17.4. The fraction of sp³-hybridized carbons (Fsp3) is 0.348. The lowest BCUT2D eigenvalue weighted by atomic mass is 9.89. The average molecular weight is 424 g/mol. The molecule has 1 saturated carbocycles. The van der Waals surface area contributed by atoms with Gasteiger partial charge in [0.2, 0.25) is 5.91 Å². The van der Waals surface area contributed by atoms with Gasteiger partial charge in [-0.15, -0.1) is 0 Å². The predicted molar refractivity (Wildman–Crippen MR) is 121 cm³/mol. The first-order valence-corrected chi connectivity index (χ1v) is 10.5. The summed E-state index contributed by atoms with van der Waals surface area (Å²) in [5.74, 6) is -0.377. The third-order valence-corrected chi connectivity index (χ3v) is 5.58. The lowest BCUT2D eigenvalue weighted by Gasteiger charge is -2.29. The fourth-order valence-corrected chi connectivity index (χ4v) is 3.88. The summed E-state index contributed by atoms with van der Waals surface area (Å²) in [6.45, 7) is 0.404. The van der Waals surface area contributed by atoms with Crippen molar-refractivity contribution in [3.8, 4) is 5.75 Å². The lowest BCUT2D eigenvalue weighted by molar-refractivity contribution is -0.117. The van der Waals surface area contributed by atoms with Gasteiger partial charge in [0.1, 0.15) is 18.1 Å². The predicted octanol–water partition coefficient (Wildman–Crippen LogP) is 2.92. The van der Waals surface area contributed by atoms with Gasteiger partial charge in [0.15, 0.2) is 0 Å². The number of nitrogens with two attached hydrogens (primary N) is 2. The standard InChI is InChI=1S/C23H29N5O3/c24-19-12-17(8-11-20(19)29)23(31)28(13-15-4-2-1-3-5-15)14-21(30)27-18-9-6-16(7-10-18)22(25)26/h6-12,15,29H,1-5,13-14,24H2,(H3,25,26)(H,27,30). The van der Waals surface area contributed by atoms with Crippen LogP contribution in [0.2, 0.25) is 0 Å². The third kappa shape index (κ3) is 5.97. The SMILES string of the molecule is N=C(N)c1ccc(NC(=O)CN(CC2CCCCC2)C(=O)c2ccc(O)c(N)c2)cc1. The van der Waals surface area contributed by atoms with Crippen LogP contribution >= 0.6 is 0 Å². The second-order valence-electron chi connectivity index (χ2n) is 8.00. The van der Waals surface area contributed by atoms with Crippen molar-refractivity contribution in [2.75, 3.05) is 24.1 Å². The van der Waals surface area contributed by atoms with Crippen LogP contribution in [-0.4, -0.2) is 40.7 Å². The highest BCUT2D eigenvalue weighted by Gasteiger charge is 2.24. The number of anilines is 2. The first-order valence-electron chi connectivity index (χ1n) is 10.5. The van der Waals surface area contributed by atoms with Gasteiger partial charge < -0.3 is 26.8 Å². The van der Waals surface area contributed by atoms with Crippen molar-refractivity contribution in [1.82, 2.24) is 4.90 Å². The second-order valence-corrected chi connectivity index (χ2v) is 8.00. The molecule has 0 unspecified atom stereocenters. The number of amidine groups is 1. The minimum atomic E-state index is -0.313. The topological polar surface area (TPSA) is 146 Å². The van der Waals surface area contributed by atoms with Gasteiger partial charge in [-0.1, -0.05) is 19.3 Å². The Morgan fingerprint density at radius 2 is 1.71 bits per heavy atom. The van der Waals surface area contributed by atoms with E-state index in [0.717, 1.165) is 25.7 Å². The molecule has 0 aliphatic heterocycles. The first-order chi connectivity index (χ1) is 14.8. The smallest absolute Gasteiger partial charge is 0.254 e. The number of nitrogens with one attached hydrogen (secondary N) is 2. The van der Waals surface area contributed by atoms with E-state index in [1.165, 1.54) is 24.6 Å². The Balaban J connectivity index is 1.73. The van der Waals surface area contributed by atoms with E-state index in [4.69, 9.17) is 16.9 Å². The number of hydrogen-bond acceptors (Lipinski definition) is 5. The van der Waals surface area contributed by atoms with Crippen LogP contribution in [0.3, 0.4) is 0 Å². The molecular formula is C23H29N5O3. The Kier molecular flexibility index (Phi) is 7.12. The van der Waals surface area contributed by atoms with Gasteiger partial charge in [-0.3, -0.25) is 15.0 Å². The zero-order chi connectivity index (χ0) is 22.4. The van der Waals surface area contributed by atoms with Gasteiger partial charge in [0.05, 0.1) is 5.69 Å². The van der Waals surface area contributed by atoms with Crippen LogP contribution in [0.15, 0.2) is 42.5 Å². The highest BCUT2D eigenvalue weighted by Crippen LogP contribution is 2.26. The Bertz CT molecular complexity index is 952. The van der Waals surface area contributed by atoms with Gasteiger partial charge >= 0.3 is 0 Å².